The van der Waals surface area contributed by atoms with Crippen molar-refractivity contribution in [3.63, 3.8) is 0 Å². The van der Waals surface area contributed by atoms with Crippen LogP contribution in [0.4, 0.5) is 4.79 Å². The lowest BCUT2D eigenvalue weighted by Gasteiger charge is -2.21. The molecule has 1 aromatic carbocycles. The van der Waals surface area contributed by atoms with E-state index in [1.54, 1.807) is 24.0 Å². The number of ether oxygens (including phenoxy) is 2. The zero-order chi connectivity index (χ0) is 18.4. The molecule has 0 N–H and O–H groups in total. The van der Waals surface area contributed by atoms with Gasteiger partial charge in [-0.15, -0.1) is 5.92 Å². The maximum atomic E-state index is 12.0. The monoisotopic (exact) mass is 353 g/mol. The van der Waals surface area contributed by atoms with E-state index in [1.807, 2.05) is 12.1 Å². The molecule has 0 aliphatic carbocycles. The third-order valence-electron chi connectivity index (χ3n) is 4.92. The molecule has 0 saturated carbocycles. The number of carbonyl (C=O) groups is 1. The number of likely N-dealkylation sites (tertiary alicyclic amines) is 2. The smallest absolute Gasteiger partial charge is 0.410 e. The molecule has 1 aromatic rings. The molecule has 0 aromatic heterocycles. The Morgan fingerprint density at radius 2 is 1.88 bits per heavy atom. The Hall–Kier alpha value is -2.70. The lowest BCUT2D eigenvalue weighted by Crippen LogP contribution is -2.34. The minimum absolute atomic E-state index is 0.167. The first-order valence-electron chi connectivity index (χ1n) is 8.86. The van der Waals surface area contributed by atoms with E-state index in [4.69, 9.17) is 14.7 Å². The van der Waals surface area contributed by atoms with Gasteiger partial charge in [-0.3, -0.25) is 4.90 Å². The number of rotatable bonds is 5. The number of carbonyl (C=O) groups excluding carboxylic acids is 1. The van der Waals surface area contributed by atoms with Crippen molar-refractivity contribution in [1.82, 2.24) is 9.80 Å². The summed E-state index contributed by atoms with van der Waals surface area (Å²) in [7, 11) is 0. The first kappa shape index (κ1) is 18.1. The molecule has 0 bridgehead atoms. The minimum Gasteiger partial charge on any atom is -0.492 e. The second-order valence-corrected chi connectivity index (χ2v) is 6.65. The molecule has 2 aliphatic rings. The Morgan fingerprint density at radius 1 is 1.19 bits per heavy atom. The molecule has 26 heavy (non-hydrogen) atoms. The Kier molecular flexibility index (Phi) is 5.99. The predicted octanol–water partition coefficient (Wildman–Crippen LogP) is 1.96. The van der Waals surface area contributed by atoms with Crippen LogP contribution in [0.25, 0.3) is 0 Å². The minimum atomic E-state index is -0.252. The van der Waals surface area contributed by atoms with E-state index in [1.165, 1.54) is 0 Å². The fraction of sp³-hybridized carbons (Fsp3) is 0.500. The van der Waals surface area contributed by atoms with Gasteiger partial charge < -0.3 is 14.4 Å². The summed E-state index contributed by atoms with van der Waals surface area (Å²) in [6.45, 7) is 6.87. The number of hydrogen-bond donors (Lipinski definition) is 0. The van der Waals surface area contributed by atoms with Crippen LogP contribution in [0.15, 0.2) is 24.3 Å². The van der Waals surface area contributed by atoms with Gasteiger partial charge in [-0.1, -0.05) is 5.92 Å². The summed E-state index contributed by atoms with van der Waals surface area (Å²) in [5, 5.41) is 8.80. The average molecular weight is 353 g/mol. The van der Waals surface area contributed by atoms with Gasteiger partial charge in [0.2, 0.25) is 0 Å². The Morgan fingerprint density at radius 3 is 2.50 bits per heavy atom. The van der Waals surface area contributed by atoms with Crippen LogP contribution in [0.1, 0.15) is 12.5 Å². The molecule has 2 unspecified atom stereocenters. The number of nitriles is 1. The van der Waals surface area contributed by atoms with E-state index in [0.717, 1.165) is 38.5 Å². The predicted molar refractivity (Wildman–Crippen MR) is 96.4 cm³/mol. The quantitative estimate of drug-likeness (QED) is 0.757. The summed E-state index contributed by atoms with van der Waals surface area (Å²) in [6.07, 6.45) is -0.252. The summed E-state index contributed by atoms with van der Waals surface area (Å²) in [4.78, 5) is 16.2. The summed E-state index contributed by atoms with van der Waals surface area (Å²) < 4.78 is 10.9. The van der Waals surface area contributed by atoms with Gasteiger partial charge in [-0.2, -0.15) is 5.26 Å². The molecular weight excluding hydrogens is 330 g/mol. The highest BCUT2D eigenvalue weighted by atomic mass is 16.6. The van der Waals surface area contributed by atoms with Gasteiger partial charge in [-0.25, -0.2) is 4.79 Å². The summed E-state index contributed by atoms with van der Waals surface area (Å²) >= 11 is 0. The molecule has 136 valence electrons. The molecule has 2 heterocycles. The van der Waals surface area contributed by atoms with Crippen LogP contribution in [0, 0.1) is 35.0 Å². The summed E-state index contributed by atoms with van der Waals surface area (Å²) in [6, 6.07) is 9.26. The van der Waals surface area contributed by atoms with E-state index >= 15 is 0 Å². The van der Waals surface area contributed by atoms with Crippen LogP contribution >= 0.6 is 0 Å². The van der Waals surface area contributed by atoms with Gasteiger partial charge in [0.25, 0.3) is 0 Å². The maximum absolute atomic E-state index is 12.0. The molecule has 6 nitrogen and oxygen atoms in total. The van der Waals surface area contributed by atoms with E-state index in [9.17, 15) is 4.79 Å². The lowest BCUT2D eigenvalue weighted by atomic mass is 10.0. The fourth-order valence-corrected chi connectivity index (χ4v) is 3.60. The zero-order valence-corrected chi connectivity index (χ0v) is 15.0. The topological polar surface area (TPSA) is 65.8 Å². The average Bonchev–Trinajstić information content (AvgIpc) is 3.21. The lowest BCUT2D eigenvalue weighted by molar-refractivity contribution is 0.117. The molecular formula is C20H23N3O3. The number of amides is 1. The Balaban J connectivity index is 1.37. The van der Waals surface area contributed by atoms with Crippen molar-refractivity contribution in [2.45, 2.75) is 6.92 Å². The molecule has 6 heteroatoms. The molecule has 0 radical (unpaired) electrons. The Labute approximate surface area is 154 Å². The van der Waals surface area contributed by atoms with Crippen molar-refractivity contribution in [3.8, 4) is 23.7 Å². The van der Waals surface area contributed by atoms with Crippen molar-refractivity contribution in [2.24, 2.45) is 11.8 Å². The van der Waals surface area contributed by atoms with Gasteiger partial charge in [-0.05, 0) is 43.0 Å². The van der Waals surface area contributed by atoms with E-state index in [-0.39, 0.29) is 12.7 Å². The van der Waals surface area contributed by atoms with Gasteiger partial charge in [0.1, 0.15) is 12.4 Å². The van der Waals surface area contributed by atoms with Gasteiger partial charge in [0.05, 0.1) is 11.6 Å². The SMILES string of the molecule is CC#CCOC(=O)N1CC2CN(CCOc3ccc(C#N)cc3)CC2C1. The molecule has 3 rings (SSSR count). The molecule has 2 saturated heterocycles. The van der Waals surface area contributed by atoms with Crippen LogP contribution in [-0.2, 0) is 4.74 Å². The van der Waals surface area contributed by atoms with Crippen LogP contribution in [0.3, 0.4) is 0 Å². The zero-order valence-electron chi connectivity index (χ0n) is 15.0. The number of hydrogen-bond acceptors (Lipinski definition) is 5. The molecule has 1 amide bonds. The fourth-order valence-electron chi connectivity index (χ4n) is 3.60. The number of nitrogens with zero attached hydrogens (tertiary/aromatic N) is 3. The van der Waals surface area contributed by atoms with Gasteiger partial charge in [0, 0.05) is 32.7 Å². The largest absolute Gasteiger partial charge is 0.492 e. The van der Waals surface area contributed by atoms with Crippen molar-refractivity contribution in [1.29, 1.82) is 5.26 Å². The van der Waals surface area contributed by atoms with Crippen molar-refractivity contribution in [3.05, 3.63) is 29.8 Å². The highest BCUT2D eigenvalue weighted by molar-refractivity contribution is 5.68. The van der Waals surface area contributed by atoms with Gasteiger partial charge in [0.15, 0.2) is 6.61 Å². The van der Waals surface area contributed by atoms with Crippen molar-refractivity contribution in [2.75, 3.05) is 45.9 Å². The standard InChI is InChI=1S/C20H23N3O3/c1-2-3-9-26-20(24)23-14-17-12-22(13-18(17)15-23)8-10-25-19-6-4-16(11-21)5-7-19/h4-7,17-18H,8-10,12-15H2,1H3. The van der Waals surface area contributed by atoms with Gasteiger partial charge >= 0.3 is 6.09 Å². The first-order chi connectivity index (χ1) is 12.7. The second-order valence-electron chi connectivity index (χ2n) is 6.65. The third kappa shape index (κ3) is 4.47. The van der Waals surface area contributed by atoms with Crippen LogP contribution in [0.5, 0.6) is 5.75 Å². The number of fused-ring (bicyclic) bond motifs is 1. The maximum Gasteiger partial charge on any atom is 0.410 e. The molecule has 2 atom stereocenters. The normalized spacial score (nSPS) is 21.5. The number of benzene rings is 1. The van der Waals surface area contributed by atoms with E-state index in [2.05, 4.69) is 22.8 Å². The van der Waals surface area contributed by atoms with Crippen LogP contribution in [-0.4, -0.2) is 61.8 Å². The Bertz CT molecular complexity index is 715. The summed E-state index contributed by atoms with van der Waals surface area (Å²) in [5.41, 5.74) is 0.634. The van der Waals surface area contributed by atoms with Crippen LogP contribution < -0.4 is 4.74 Å². The molecule has 2 fully saturated rings. The highest BCUT2D eigenvalue weighted by Gasteiger charge is 2.41. The van der Waals surface area contributed by atoms with Crippen molar-refractivity contribution < 1.29 is 14.3 Å². The second kappa shape index (κ2) is 8.60. The molecule has 2 aliphatic heterocycles. The van der Waals surface area contributed by atoms with Crippen LogP contribution in [0.2, 0.25) is 0 Å². The van der Waals surface area contributed by atoms with E-state index < -0.39 is 0 Å². The summed E-state index contributed by atoms with van der Waals surface area (Å²) in [5.74, 6) is 7.27. The van der Waals surface area contributed by atoms with Crippen molar-refractivity contribution >= 4 is 6.09 Å². The van der Waals surface area contributed by atoms with E-state index in [0.29, 0.717) is 24.0 Å². The third-order valence-corrected chi connectivity index (χ3v) is 4.92. The first-order valence-corrected chi connectivity index (χ1v) is 8.86. The highest BCUT2D eigenvalue weighted by Crippen LogP contribution is 2.31. The molecule has 0 spiro atoms.